The Morgan fingerprint density at radius 2 is 2.10 bits per heavy atom. The van der Waals surface area contributed by atoms with Crippen LogP contribution in [0, 0.1) is 6.92 Å². The molecule has 112 valence electrons. The maximum absolute atomic E-state index is 11.6. The number of nitrogens with one attached hydrogen (secondary N) is 2. The zero-order chi connectivity index (χ0) is 15.2. The van der Waals surface area contributed by atoms with E-state index in [1.165, 1.54) is 23.1 Å². The number of aromatic nitrogens is 2. The summed E-state index contributed by atoms with van der Waals surface area (Å²) in [5, 5.41) is 15.0. The average Bonchev–Trinajstić information content (AvgIpc) is 2.86. The lowest BCUT2D eigenvalue weighted by molar-refractivity contribution is -0.119. The number of benzene rings is 1. The van der Waals surface area contributed by atoms with E-state index < -0.39 is 0 Å². The molecule has 0 bridgehead atoms. The number of carbonyl (C=O) groups is 1. The lowest BCUT2D eigenvalue weighted by Gasteiger charge is -2.06. The van der Waals surface area contributed by atoms with Crippen molar-refractivity contribution in [2.24, 2.45) is 0 Å². The Morgan fingerprint density at radius 1 is 1.33 bits per heavy atom. The van der Waals surface area contributed by atoms with Crippen molar-refractivity contribution in [3.63, 3.8) is 0 Å². The molecule has 7 heteroatoms. The van der Waals surface area contributed by atoms with E-state index in [0.717, 1.165) is 20.7 Å². The molecule has 21 heavy (non-hydrogen) atoms. The minimum absolute atomic E-state index is 0.0126. The number of thioether (sulfide) groups is 1. The molecule has 0 saturated carbocycles. The van der Waals surface area contributed by atoms with E-state index in [0.29, 0.717) is 5.75 Å². The number of amides is 1. The van der Waals surface area contributed by atoms with Crippen molar-refractivity contribution in [2.45, 2.75) is 31.2 Å². The molecule has 2 aromatic rings. The van der Waals surface area contributed by atoms with Crippen LogP contribution in [0.3, 0.4) is 0 Å². The van der Waals surface area contributed by atoms with Gasteiger partial charge in [-0.15, -0.1) is 10.2 Å². The molecule has 0 radical (unpaired) electrons. The Balaban J connectivity index is 1.90. The van der Waals surface area contributed by atoms with Gasteiger partial charge in [0.05, 0.1) is 5.75 Å². The van der Waals surface area contributed by atoms with Crippen molar-refractivity contribution in [1.82, 2.24) is 15.5 Å². The molecule has 0 atom stereocenters. The van der Waals surface area contributed by atoms with Gasteiger partial charge in [0.25, 0.3) is 0 Å². The van der Waals surface area contributed by atoms with Crippen molar-refractivity contribution in [3.8, 4) is 0 Å². The Kier molecular flexibility index (Phi) is 5.58. The third kappa shape index (κ3) is 5.02. The molecule has 0 aliphatic rings. The van der Waals surface area contributed by atoms with Crippen LogP contribution >= 0.6 is 23.1 Å². The topological polar surface area (TPSA) is 66.9 Å². The maximum atomic E-state index is 11.6. The quantitative estimate of drug-likeness (QED) is 0.799. The van der Waals surface area contributed by atoms with Gasteiger partial charge in [0.15, 0.2) is 4.34 Å². The predicted octanol–water partition coefficient (Wildman–Crippen LogP) is 3.21. The van der Waals surface area contributed by atoms with Gasteiger partial charge in [0, 0.05) is 11.7 Å². The minimum atomic E-state index is 0.0126. The van der Waals surface area contributed by atoms with Crippen LogP contribution in [0.5, 0.6) is 0 Å². The highest BCUT2D eigenvalue weighted by atomic mass is 32.2. The Hall–Kier alpha value is -1.60. The van der Waals surface area contributed by atoms with Gasteiger partial charge in [-0.25, -0.2) is 0 Å². The molecule has 1 aromatic heterocycles. The third-order valence-corrected chi connectivity index (χ3v) is 4.54. The fraction of sp³-hybridized carbons (Fsp3) is 0.357. The van der Waals surface area contributed by atoms with Gasteiger partial charge in [-0.3, -0.25) is 4.79 Å². The second kappa shape index (κ2) is 7.42. The summed E-state index contributed by atoms with van der Waals surface area (Å²) in [5.41, 5.74) is 2.17. The Morgan fingerprint density at radius 3 is 2.81 bits per heavy atom. The van der Waals surface area contributed by atoms with Gasteiger partial charge in [0.2, 0.25) is 11.0 Å². The highest BCUT2D eigenvalue weighted by molar-refractivity contribution is 8.01. The first-order valence-corrected chi connectivity index (χ1v) is 8.43. The second-order valence-electron chi connectivity index (χ2n) is 4.82. The summed E-state index contributed by atoms with van der Waals surface area (Å²) < 4.78 is 0.782. The smallest absolute Gasteiger partial charge is 0.230 e. The summed E-state index contributed by atoms with van der Waals surface area (Å²) in [6, 6.07) is 8.16. The first-order valence-electron chi connectivity index (χ1n) is 6.63. The number of para-hydroxylation sites is 1. The second-order valence-corrected chi connectivity index (χ2v) is 7.02. The molecule has 0 aliphatic heterocycles. The monoisotopic (exact) mass is 322 g/mol. The van der Waals surface area contributed by atoms with E-state index in [1.54, 1.807) is 0 Å². The van der Waals surface area contributed by atoms with Crippen LogP contribution in [0.25, 0.3) is 0 Å². The number of carbonyl (C=O) groups excluding carboxylic acids is 1. The molecular weight excluding hydrogens is 304 g/mol. The first-order chi connectivity index (χ1) is 10.0. The average molecular weight is 322 g/mol. The van der Waals surface area contributed by atoms with E-state index in [2.05, 4.69) is 20.8 Å². The molecule has 2 rings (SSSR count). The maximum Gasteiger partial charge on any atom is 0.230 e. The molecule has 0 aliphatic carbocycles. The molecule has 0 unspecified atom stereocenters. The van der Waals surface area contributed by atoms with E-state index in [4.69, 9.17) is 0 Å². The van der Waals surface area contributed by atoms with Crippen LogP contribution in [0.4, 0.5) is 10.8 Å². The van der Waals surface area contributed by atoms with Crippen LogP contribution in [-0.4, -0.2) is 27.9 Å². The normalized spacial score (nSPS) is 10.7. The molecule has 0 saturated heterocycles. The van der Waals surface area contributed by atoms with Gasteiger partial charge in [-0.1, -0.05) is 41.3 Å². The summed E-state index contributed by atoms with van der Waals surface area (Å²) >= 11 is 2.85. The predicted molar refractivity (Wildman–Crippen MR) is 88.4 cm³/mol. The lowest BCUT2D eigenvalue weighted by atomic mass is 10.2. The largest absolute Gasteiger partial charge is 0.353 e. The van der Waals surface area contributed by atoms with Crippen molar-refractivity contribution in [3.05, 3.63) is 29.8 Å². The minimum Gasteiger partial charge on any atom is -0.353 e. The van der Waals surface area contributed by atoms with E-state index in [-0.39, 0.29) is 11.9 Å². The van der Waals surface area contributed by atoms with Gasteiger partial charge in [0.1, 0.15) is 0 Å². The third-order valence-electron chi connectivity index (χ3n) is 2.57. The number of nitrogens with zero attached hydrogens (tertiary/aromatic N) is 2. The van der Waals surface area contributed by atoms with Gasteiger partial charge in [-0.05, 0) is 32.4 Å². The van der Waals surface area contributed by atoms with Gasteiger partial charge < -0.3 is 10.6 Å². The summed E-state index contributed by atoms with van der Waals surface area (Å²) in [6.45, 7) is 5.92. The Labute approximate surface area is 132 Å². The molecule has 1 heterocycles. The molecular formula is C14H18N4OS2. The summed E-state index contributed by atoms with van der Waals surface area (Å²) in [7, 11) is 0. The molecule has 2 N–H and O–H groups in total. The number of aryl methyl sites for hydroxylation is 1. The summed E-state index contributed by atoms with van der Waals surface area (Å²) in [6.07, 6.45) is 0. The van der Waals surface area contributed by atoms with Crippen LogP contribution < -0.4 is 10.6 Å². The van der Waals surface area contributed by atoms with Crippen LogP contribution in [0.1, 0.15) is 19.4 Å². The van der Waals surface area contributed by atoms with Gasteiger partial charge >= 0.3 is 0 Å². The molecule has 1 amide bonds. The Bertz CT molecular complexity index is 613. The van der Waals surface area contributed by atoms with Crippen molar-refractivity contribution in [2.75, 3.05) is 11.1 Å². The van der Waals surface area contributed by atoms with Crippen LogP contribution in [-0.2, 0) is 4.79 Å². The van der Waals surface area contributed by atoms with Crippen molar-refractivity contribution in [1.29, 1.82) is 0 Å². The molecule has 0 spiro atoms. The summed E-state index contributed by atoms with van der Waals surface area (Å²) in [5.74, 6) is 0.371. The van der Waals surface area contributed by atoms with E-state index in [9.17, 15) is 4.79 Å². The standard InChI is InChI=1S/C14H18N4OS2/c1-9(2)15-12(19)8-20-14-18-17-13(21-14)16-11-7-5-4-6-10(11)3/h4-7,9H,8H2,1-3H3,(H,15,19)(H,16,17). The van der Waals surface area contributed by atoms with Crippen molar-refractivity contribution >= 4 is 39.8 Å². The molecule has 5 nitrogen and oxygen atoms in total. The van der Waals surface area contributed by atoms with E-state index in [1.807, 2.05) is 45.0 Å². The van der Waals surface area contributed by atoms with Crippen LogP contribution in [0.15, 0.2) is 28.6 Å². The zero-order valence-corrected chi connectivity index (χ0v) is 13.8. The fourth-order valence-corrected chi connectivity index (χ4v) is 3.21. The number of hydrogen-bond acceptors (Lipinski definition) is 6. The SMILES string of the molecule is Cc1ccccc1Nc1nnc(SCC(=O)NC(C)C)s1. The fourth-order valence-electron chi connectivity index (χ4n) is 1.64. The highest BCUT2D eigenvalue weighted by Crippen LogP contribution is 2.28. The number of rotatable bonds is 6. The van der Waals surface area contributed by atoms with Crippen LogP contribution in [0.2, 0.25) is 0 Å². The van der Waals surface area contributed by atoms with E-state index >= 15 is 0 Å². The number of anilines is 2. The van der Waals surface area contributed by atoms with Crippen molar-refractivity contribution < 1.29 is 4.79 Å². The lowest BCUT2D eigenvalue weighted by Crippen LogP contribution is -2.31. The molecule has 1 aromatic carbocycles. The number of hydrogen-bond donors (Lipinski definition) is 2. The summed E-state index contributed by atoms with van der Waals surface area (Å²) in [4.78, 5) is 11.6. The van der Waals surface area contributed by atoms with Gasteiger partial charge in [-0.2, -0.15) is 0 Å². The molecule has 0 fully saturated rings. The highest BCUT2D eigenvalue weighted by Gasteiger charge is 2.09. The zero-order valence-electron chi connectivity index (χ0n) is 12.2. The first kappa shape index (κ1) is 15.8.